The molecule has 0 radical (unpaired) electrons. The normalized spacial score (nSPS) is 37.6. The van der Waals surface area contributed by atoms with Gasteiger partial charge in [-0.15, -0.1) is 0 Å². The number of hydrogen-bond acceptors (Lipinski definition) is 6. The van der Waals surface area contributed by atoms with Crippen LogP contribution in [0.5, 0.6) is 0 Å². The lowest BCUT2D eigenvalue weighted by Crippen LogP contribution is -2.55. The third-order valence-electron chi connectivity index (χ3n) is 7.39. The van der Waals surface area contributed by atoms with E-state index in [0.717, 1.165) is 25.7 Å². The van der Waals surface area contributed by atoms with E-state index in [4.69, 9.17) is 23.4 Å². The highest BCUT2D eigenvalue weighted by atomic mass is 28.4. The lowest BCUT2D eigenvalue weighted by atomic mass is 9.85. The molecule has 0 N–H and O–H groups in total. The quantitative estimate of drug-likeness (QED) is 0.555. The van der Waals surface area contributed by atoms with Crippen molar-refractivity contribution in [1.82, 2.24) is 0 Å². The fraction of sp³-hybridized carbons (Fsp3) is 0.957. The smallest absolute Gasteiger partial charge is 0.192 e. The summed E-state index contributed by atoms with van der Waals surface area (Å²) < 4.78 is 31.8. The maximum atomic E-state index is 9.27. The Morgan fingerprint density at radius 3 is 2.43 bits per heavy atom. The van der Waals surface area contributed by atoms with Gasteiger partial charge in [-0.05, 0) is 58.2 Å². The molecule has 7 heteroatoms. The summed E-state index contributed by atoms with van der Waals surface area (Å²) in [4.78, 5) is 0. The van der Waals surface area contributed by atoms with E-state index < -0.39 is 19.7 Å². The zero-order valence-corrected chi connectivity index (χ0v) is 21.1. The molecule has 0 spiro atoms. The van der Waals surface area contributed by atoms with Crippen LogP contribution in [-0.4, -0.2) is 57.3 Å². The zero-order valence-electron chi connectivity index (χ0n) is 20.1. The molecule has 0 saturated carbocycles. The van der Waals surface area contributed by atoms with E-state index in [1.807, 2.05) is 20.8 Å². The molecule has 0 bridgehead atoms. The standard InChI is InChI=1S/C23H41NO5Si/c1-16(13-24)11-17-9-10-20-23(28-17,15-26-30(7,8)21(2,3)4)12-18(27-20)19-14-25-22(5,6)29-19/h16-20H,9-12,14-15H2,1-8H3/t16-,17-,18-,19-,20+,23-/m1/s1. The van der Waals surface area contributed by atoms with Gasteiger partial charge in [0.2, 0.25) is 0 Å². The van der Waals surface area contributed by atoms with Crippen molar-refractivity contribution < 1.29 is 23.4 Å². The van der Waals surface area contributed by atoms with Gasteiger partial charge in [0, 0.05) is 12.3 Å². The van der Waals surface area contributed by atoms with Gasteiger partial charge in [0.25, 0.3) is 0 Å². The van der Waals surface area contributed by atoms with Gasteiger partial charge in [-0.1, -0.05) is 20.8 Å². The fourth-order valence-electron chi connectivity index (χ4n) is 4.47. The Bertz CT molecular complexity index is 655. The molecule has 0 aromatic carbocycles. The third-order valence-corrected chi connectivity index (χ3v) is 11.9. The van der Waals surface area contributed by atoms with E-state index in [2.05, 4.69) is 39.9 Å². The molecule has 3 aliphatic rings. The largest absolute Gasteiger partial charge is 0.414 e. The van der Waals surface area contributed by atoms with Gasteiger partial charge in [0.1, 0.15) is 11.7 Å². The molecule has 0 amide bonds. The minimum absolute atomic E-state index is 0.00628. The Balaban J connectivity index is 1.77. The van der Waals surface area contributed by atoms with Gasteiger partial charge in [0.05, 0.1) is 37.6 Å². The molecule has 3 rings (SSSR count). The highest BCUT2D eigenvalue weighted by Gasteiger charge is 2.57. The average Bonchev–Trinajstić information content (AvgIpc) is 3.19. The number of rotatable bonds is 6. The van der Waals surface area contributed by atoms with Crippen LogP contribution in [0.2, 0.25) is 18.1 Å². The Labute approximate surface area is 183 Å². The topological polar surface area (TPSA) is 69.9 Å². The van der Waals surface area contributed by atoms with Crippen LogP contribution in [0.4, 0.5) is 0 Å². The Morgan fingerprint density at radius 2 is 1.87 bits per heavy atom. The van der Waals surface area contributed by atoms with Crippen molar-refractivity contribution in [2.75, 3.05) is 13.2 Å². The second kappa shape index (κ2) is 8.46. The molecule has 3 saturated heterocycles. The monoisotopic (exact) mass is 439 g/mol. The van der Waals surface area contributed by atoms with Gasteiger partial charge < -0.3 is 23.4 Å². The number of fused-ring (bicyclic) bond motifs is 1. The van der Waals surface area contributed by atoms with Gasteiger partial charge in [-0.25, -0.2) is 0 Å². The van der Waals surface area contributed by atoms with Crippen molar-refractivity contribution >= 4 is 8.32 Å². The van der Waals surface area contributed by atoms with Crippen LogP contribution in [0.15, 0.2) is 0 Å². The molecule has 3 heterocycles. The lowest BCUT2D eigenvalue weighted by molar-refractivity contribution is -0.186. The Hall–Kier alpha value is -0.493. The van der Waals surface area contributed by atoms with Gasteiger partial charge >= 0.3 is 0 Å². The summed E-state index contributed by atoms with van der Waals surface area (Å²) in [5, 5.41) is 9.40. The van der Waals surface area contributed by atoms with E-state index in [-0.39, 0.29) is 35.4 Å². The average molecular weight is 440 g/mol. The predicted octanol–water partition coefficient (Wildman–Crippen LogP) is 4.78. The summed E-state index contributed by atoms with van der Waals surface area (Å²) in [6.07, 6.45) is 3.25. The van der Waals surface area contributed by atoms with E-state index in [1.54, 1.807) is 0 Å². The first-order valence-corrected chi connectivity index (χ1v) is 14.4. The second-order valence-corrected chi connectivity index (χ2v) is 16.2. The first kappa shape index (κ1) is 24.2. The molecular weight excluding hydrogens is 398 g/mol. The van der Waals surface area contributed by atoms with Crippen molar-refractivity contribution in [3.63, 3.8) is 0 Å². The van der Waals surface area contributed by atoms with Crippen LogP contribution in [0.1, 0.15) is 67.2 Å². The Kier molecular flexibility index (Phi) is 6.81. The molecule has 0 aliphatic carbocycles. The summed E-state index contributed by atoms with van der Waals surface area (Å²) in [5.41, 5.74) is -0.478. The SMILES string of the molecule is C[C@@H](C#N)C[C@H]1CC[C@@H]2O[C@@H]([C@H]3COC(C)(C)O3)C[C@]2(CO[Si](C)(C)C(C)(C)C)O1. The van der Waals surface area contributed by atoms with E-state index in [1.165, 1.54) is 0 Å². The maximum absolute atomic E-state index is 9.27. The summed E-state index contributed by atoms with van der Waals surface area (Å²) in [5.74, 6) is -0.589. The van der Waals surface area contributed by atoms with Crippen LogP contribution >= 0.6 is 0 Å². The van der Waals surface area contributed by atoms with Crippen LogP contribution in [0, 0.1) is 17.2 Å². The molecule has 6 nitrogen and oxygen atoms in total. The van der Waals surface area contributed by atoms with E-state index in [9.17, 15) is 5.26 Å². The second-order valence-electron chi connectivity index (χ2n) is 11.4. The molecule has 6 atom stereocenters. The first-order chi connectivity index (χ1) is 13.8. The highest BCUT2D eigenvalue weighted by Crippen LogP contribution is 2.47. The van der Waals surface area contributed by atoms with Gasteiger partial charge in [-0.3, -0.25) is 0 Å². The lowest BCUT2D eigenvalue weighted by Gasteiger charge is -2.45. The van der Waals surface area contributed by atoms with Crippen LogP contribution in [-0.2, 0) is 23.4 Å². The molecule has 172 valence electrons. The molecule has 3 aliphatic heterocycles. The first-order valence-electron chi connectivity index (χ1n) is 11.5. The van der Waals surface area contributed by atoms with E-state index in [0.29, 0.717) is 13.2 Å². The number of ether oxygens (including phenoxy) is 4. The van der Waals surface area contributed by atoms with Crippen molar-refractivity contribution in [2.24, 2.45) is 5.92 Å². The molecule has 0 aromatic heterocycles. The van der Waals surface area contributed by atoms with Crippen molar-refractivity contribution in [1.29, 1.82) is 5.26 Å². The number of hydrogen-bond donors (Lipinski definition) is 0. The molecule has 0 unspecified atom stereocenters. The minimum Gasteiger partial charge on any atom is -0.414 e. The third kappa shape index (κ3) is 5.11. The number of nitrogens with zero attached hydrogens (tertiary/aromatic N) is 1. The molecule has 3 fully saturated rings. The van der Waals surface area contributed by atoms with Gasteiger partial charge in [-0.2, -0.15) is 5.26 Å². The summed E-state index contributed by atoms with van der Waals surface area (Å²) in [7, 11) is -1.94. The van der Waals surface area contributed by atoms with Gasteiger partial charge in [0.15, 0.2) is 14.1 Å². The highest BCUT2D eigenvalue weighted by molar-refractivity contribution is 6.74. The number of nitriles is 1. The maximum Gasteiger partial charge on any atom is 0.192 e. The minimum atomic E-state index is -1.94. The van der Waals surface area contributed by atoms with Crippen molar-refractivity contribution in [3.8, 4) is 6.07 Å². The Morgan fingerprint density at radius 1 is 1.17 bits per heavy atom. The molecular formula is C23H41NO5Si. The zero-order chi connectivity index (χ0) is 22.4. The van der Waals surface area contributed by atoms with E-state index >= 15 is 0 Å². The summed E-state index contributed by atoms with van der Waals surface area (Å²) >= 11 is 0. The van der Waals surface area contributed by atoms with Crippen LogP contribution in [0.3, 0.4) is 0 Å². The van der Waals surface area contributed by atoms with Crippen LogP contribution in [0.25, 0.3) is 0 Å². The summed E-state index contributed by atoms with van der Waals surface area (Å²) in [6, 6.07) is 2.35. The predicted molar refractivity (Wildman–Crippen MR) is 118 cm³/mol. The van der Waals surface area contributed by atoms with Crippen LogP contribution < -0.4 is 0 Å². The molecule has 0 aromatic rings. The summed E-state index contributed by atoms with van der Waals surface area (Å²) in [6.45, 7) is 18.3. The molecule has 30 heavy (non-hydrogen) atoms. The van der Waals surface area contributed by atoms with Crippen molar-refractivity contribution in [3.05, 3.63) is 0 Å². The fourth-order valence-corrected chi connectivity index (χ4v) is 5.51. The van der Waals surface area contributed by atoms with Crippen molar-refractivity contribution in [2.45, 2.75) is 121 Å².